The lowest BCUT2D eigenvalue weighted by Gasteiger charge is -2.18. The number of nitrogens with one attached hydrogen (secondary N) is 1. The fourth-order valence-corrected chi connectivity index (χ4v) is 1.32. The summed E-state index contributed by atoms with van der Waals surface area (Å²) >= 11 is 0. The number of hydrogen-bond donors (Lipinski definition) is 4. The number of aliphatic hydroxyl groups excluding tert-OH is 2. The van der Waals surface area contributed by atoms with E-state index < -0.39 is 18.2 Å². The van der Waals surface area contributed by atoms with Crippen LogP contribution in [0.4, 0.5) is 0 Å². The Morgan fingerprint density at radius 1 is 1.39 bits per heavy atom. The zero-order valence-corrected chi connectivity index (χ0v) is 9.70. The second kappa shape index (κ2) is 6.08. The molecule has 2 unspecified atom stereocenters. The van der Waals surface area contributed by atoms with Gasteiger partial charge in [0, 0.05) is 31.4 Å². The number of nitrogens with zero attached hydrogens (tertiary/aromatic N) is 1. The topological polar surface area (TPSA) is 120 Å². The first kappa shape index (κ1) is 14.1. The second-order valence-electron chi connectivity index (χ2n) is 3.76. The van der Waals surface area contributed by atoms with Crippen LogP contribution in [0, 0.1) is 0 Å². The van der Waals surface area contributed by atoms with Gasteiger partial charge in [0.1, 0.15) is 12.2 Å². The van der Waals surface area contributed by atoms with E-state index in [1.165, 1.54) is 19.2 Å². The Balaban J connectivity index is 2.76. The number of carbonyl (C=O) groups excluding carboxylic acids is 1. The predicted octanol–water partition coefficient (Wildman–Crippen LogP) is -0.690. The molecule has 2 atom stereocenters. The standard InChI is InChI=1S/C11H14N2O5/c1-6(14)13-5-9(15)10(16)7-2-8(11(17)18)4-12-3-7/h2-4,9-10,15-16H,5H2,1H3,(H,13,14)(H,17,18). The minimum atomic E-state index is -1.32. The number of aromatic carboxylic acids is 1. The van der Waals surface area contributed by atoms with Gasteiger partial charge in [-0.15, -0.1) is 0 Å². The molecule has 18 heavy (non-hydrogen) atoms. The number of carbonyl (C=O) groups is 2. The third-order valence-electron chi connectivity index (χ3n) is 2.27. The molecule has 0 fully saturated rings. The third-order valence-corrected chi connectivity index (χ3v) is 2.27. The van der Waals surface area contributed by atoms with Crippen molar-refractivity contribution in [3.63, 3.8) is 0 Å². The van der Waals surface area contributed by atoms with Gasteiger partial charge < -0.3 is 20.6 Å². The lowest BCUT2D eigenvalue weighted by Crippen LogP contribution is -2.34. The van der Waals surface area contributed by atoms with Gasteiger partial charge in [-0.2, -0.15) is 0 Å². The molecule has 0 aliphatic carbocycles. The highest BCUT2D eigenvalue weighted by molar-refractivity contribution is 5.87. The van der Waals surface area contributed by atoms with Crippen molar-refractivity contribution in [2.45, 2.75) is 19.1 Å². The van der Waals surface area contributed by atoms with Gasteiger partial charge in [0.15, 0.2) is 0 Å². The summed E-state index contributed by atoms with van der Waals surface area (Å²) in [5.41, 5.74) is 0.0889. The van der Waals surface area contributed by atoms with Gasteiger partial charge in [0.05, 0.1) is 5.56 Å². The van der Waals surface area contributed by atoms with Gasteiger partial charge in [-0.1, -0.05) is 0 Å². The Bertz CT molecular complexity index is 449. The fourth-order valence-electron chi connectivity index (χ4n) is 1.32. The monoisotopic (exact) mass is 254 g/mol. The molecule has 0 aromatic carbocycles. The first-order chi connectivity index (χ1) is 8.41. The number of pyridine rings is 1. The maximum absolute atomic E-state index is 10.7. The number of amides is 1. The molecule has 1 aromatic rings. The van der Waals surface area contributed by atoms with Crippen LogP contribution in [0.1, 0.15) is 28.9 Å². The Labute approximate surface area is 103 Å². The van der Waals surface area contributed by atoms with Gasteiger partial charge in [-0.05, 0) is 6.07 Å². The lowest BCUT2D eigenvalue weighted by molar-refractivity contribution is -0.119. The highest BCUT2D eigenvalue weighted by Crippen LogP contribution is 2.16. The van der Waals surface area contributed by atoms with E-state index in [0.717, 1.165) is 6.20 Å². The maximum atomic E-state index is 10.7. The average Bonchev–Trinajstić information content (AvgIpc) is 2.35. The molecule has 7 heteroatoms. The largest absolute Gasteiger partial charge is 0.478 e. The van der Waals surface area contributed by atoms with Gasteiger partial charge in [-0.25, -0.2) is 4.79 Å². The van der Waals surface area contributed by atoms with E-state index in [1.54, 1.807) is 0 Å². The molecule has 98 valence electrons. The Hall–Kier alpha value is -1.99. The number of hydrogen-bond acceptors (Lipinski definition) is 5. The molecule has 1 amide bonds. The molecule has 0 radical (unpaired) electrons. The van der Waals surface area contributed by atoms with Gasteiger partial charge >= 0.3 is 5.97 Å². The van der Waals surface area contributed by atoms with Crippen LogP contribution in [-0.2, 0) is 4.79 Å². The van der Waals surface area contributed by atoms with Crippen molar-refractivity contribution >= 4 is 11.9 Å². The summed E-state index contributed by atoms with van der Waals surface area (Å²) in [5, 5.41) is 30.5. The molecule has 0 saturated carbocycles. The zero-order valence-electron chi connectivity index (χ0n) is 9.70. The van der Waals surface area contributed by atoms with Crippen LogP contribution in [0.25, 0.3) is 0 Å². The van der Waals surface area contributed by atoms with Crippen molar-refractivity contribution in [1.29, 1.82) is 0 Å². The molecule has 0 bridgehead atoms. The number of aliphatic hydroxyl groups is 2. The molecule has 1 rings (SSSR count). The minimum absolute atomic E-state index is 0.0849. The highest BCUT2D eigenvalue weighted by Gasteiger charge is 2.20. The van der Waals surface area contributed by atoms with Gasteiger partial charge in [0.25, 0.3) is 0 Å². The van der Waals surface area contributed by atoms with Crippen LogP contribution in [0.2, 0.25) is 0 Å². The van der Waals surface area contributed by atoms with Crippen LogP contribution in [0.5, 0.6) is 0 Å². The summed E-state index contributed by atoms with van der Waals surface area (Å²) in [6.07, 6.45) is -0.157. The number of carboxylic acid groups (broad SMARTS) is 1. The van der Waals surface area contributed by atoms with Crippen molar-refractivity contribution in [1.82, 2.24) is 10.3 Å². The Kier molecular flexibility index (Phi) is 4.75. The van der Waals surface area contributed by atoms with E-state index >= 15 is 0 Å². The minimum Gasteiger partial charge on any atom is -0.478 e. The molecule has 0 aliphatic heterocycles. The van der Waals surface area contributed by atoms with Gasteiger partial charge in [0.2, 0.25) is 5.91 Å². The van der Waals surface area contributed by atoms with E-state index in [2.05, 4.69) is 10.3 Å². The molecule has 0 spiro atoms. The third kappa shape index (κ3) is 3.79. The lowest BCUT2D eigenvalue weighted by atomic mass is 10.0. The van der Waals surface area contributed by atoms with E-state index in [1.807, 2.05) is 0 Å². The summed E-state index contributed by atoms with van der Waals surface area (Å²) in [7, 11) is 0. The quantitative estimate of drug-likeness (QED) is 0.552. The zero-order chi connectivity index (χ0) is 13.7. The first-order valence-electron chi connectivity index (χ1n) is 5.20. The molecular weight excluding hydrogens is 240 g/mol. The molecule has 4 N–H and O–H groups in total. The van der Waals surface area contributed by atoms with Crippen molar-refractivity contribution in [3.8, 4) is 0 Å². The molecular formula is C11H14N2O5. The maximum Gasteiger partial charge on any atom is 0.337 e. The molecule has 7 nitrogen and oxygen atoms in total. The normalized spacial score (nSPS) is 13.7. The molecule has 0 saturated heterocycles. The smallest absolute Gasteiger partial charge is 0.337 e. The van der Waals surface area contributed by atoms with E-state index in [4.69, 9.17) is 5.11 Å². The SMILES string of the molecule is CC(=O)NCC(O)C(O)c1cncc(C(=O)O)c1. The van der Waals surface area contributed by atoms with Crippen LogP contribution < -0.4 is 5.32 Å². The number of rotatable bonds is 5. The van der Waals surface area contributed by atoms with Crippen LogP contribution in [0.15, 0.2) is 18.5 Å². The summed E-state index contributed by atoms with van der Waals surface area (Å²) in [5.74, 6) is -1.51. The predicted molar refractivity (Wildman–Crippen MR) is 60.8 cm³/mol. The van der Waals surface area contributed by atoms with E-state index in [0.29, 0.717) is 0 Å². The Morgan fingerprint density at radius 3 is 2.61 bits per heavy atom. The molecule has 1 heterocycles. The van der Waals surface area contributed by atoms with Crippen molar-refractivity contribution in [2.24, 2.45) is 0 Å². The van der Waals surface area contributed by atoms with Crippen molar-refractivity contribution in [2.75, 3.05) is 6.54 Å². The molecule has 0 aliphatic rings. The number of aromatic nitrogens is 1. The average molecular weight is 254 g/mol. The number of carboxylic acids is 1. The fraction of sp³-hybridized carbons (Fsp3) is 0.364. The first-order valence-corrected chi connectivity index (χ1v) is 5.20. The van der Waals surface area contributed by atoms with Crippen LogP contribution >= 0.6 is 0 Å². The second-order valence-corrected chi connectivity index (χ2v) is 3.76. The highest BCUT2D eigenvalue weighted by atomic mass is 16.4. The Morgan fingerprint density at radius 2 is 2.06 bits per heavy atom. The van der Waals surface area contributed by atoms with E-state index in [-0.39, 0.29) is 23.6 Å². The summed E-state index contributed by atoms with van der Waals surface area (Å²) < 4.78 is 0. The van der Waals surface area contributed by atoms with Crippen molar-refractivity contribution in [3.05, 3.63) is 29.6 Å². The summed E-state index contributed by atoms with van der Waals surface area (Å²) in [6, 6.07) is 1.22. The van der Waals surface area contributed by atoms with Crippen LogP contribution in [-0.4, -0.2) is 44.8 Å². The van der Waals surface area contributed by atoms with Gasteiger partial charge in [-0.3, -0.25) is 9.78 Å². The van der Waals surface area contributed by atoms with Crippen LogP contribution in [0.3, 0.4) is 0 Å². The van der Waals surface area contributed by atoms with Crippen molar-refractivity contribution < 1.29 is 24.9 Å². The summed E-state index contributed by atoms with van der Waals surface area (Å²) in [4.78, 5) is 25.0. The molecule has 1 aromatic heterocycles. The van der Waals surface area contributed by atoms with E-state index in [9.17, 15) is 19.8 Å². The summed E-state index contributed by atoms with van der Waals surface area (Å²) in [6.45, 7) is 1.15.